The van der Waals surface area contributed by atoms with Gasteiger partial charge in [0.2, 0.25) is 0 Å². The number of carbonyl (C=O) groups excluding carboxylic acids is 5. The third-order valence-electron chi connectivity index (χ3n) is 0. The van der Waals surface area contributed by atoms with Gasteiger partial charge in [0.05, 0.1) is 0 Å². The minimum atomic E-state index is -1.08. The summed E-state index contributed by atoms with van der Waals surface area (Å²) in [5.41, 5.74) is 0. The summed E-state index contributed by atoms with van der Waals surface area (Å²) in [5.74, 6) is -5.42. The molecule has 0 fully saturated rings. The van der Waals surface area contributed by atoms with Crippen molar-refractivity contribution in [1.29, 1.82) is 0 Å². The van der Waals surface area contributed by atoms with Gasteiger partial charge >= 0.3 is 177 Å². The van der Waals surface area contributed by atoms with Crippen LogP contribution in [0.15, 0.2) is 0 Å². The number of aliphatic carboxylic acids is 5. The van der Waals surface area contributed by atoms with Crippen LogP contribution < -0.4 is 203 Å². The standard InChI is InChI=1S/5C2H4O2.6Na/c5*1-2(3)4;;;;;;/h5*1H3,(H,3,4);;;;;;/q;;;;;6*+1/p-5. The Morgan fingerprint density at radius 2 is 0.346 bits per heavy atom. The number of hydrogen-bond donors (Lipinski definition) is 0. The first-order valence-electron chi connectivity index (χ1n) is 4.54. The molecular formula is C10H15Na6O10+. The fourth-order valence-electron chi connectivity index (χ4n) is 0. The van der Waals surface area contributed by atoms with Crippen molar-refractivity contribution in [3.8, 4) is 0 Å². The average molecular weight is 433 g/mol. The Labute approximate surface area is 285 Å². The van der Waals surface area contributed by atoms with Crippen LogP contribution in [-0.4, -0.2) is 29.8 Å². The van der Waals surface area contributed by atoms with E-state index in [1.165, 1.54) is 0 Å². The van der Waals surface area contributed by atoms with Crippen LogP contribution in [0, 0.1) is 0 Å². The quantitative estimate of drug-likeness (QED) is 0.330. The van der Waals surface area contributed by atoms with Gasteiger partial charge in [-0.25, -0.2) is 0 Å². The smallest absolute Gasteiger partial charge is 0.550 e. The van der Waals surface area contributed by atoms with E-state index in [1.807, 2.05) is 0 Å². The number of carboxylic acids is 5. The maximum Gasteiger partial charge on any atom is 1.00 e. The Kier molecular flexibility index (Phi) is 170. The Bertz CT molecular complexity index is 225. The monoisotopic (exact) mass is 433 g/mol. The molecule has 0 aliphatic heterocycles. The zero-order chi connectivity index (χ0) is 17.9. The Morgan fingerprint density at radius 1 is 0.346 bits per heavy atom. The predicted molar refractivity (Wildman–Crippen MR) is 53.4 cm³/mol. The molecule has 0 aromatic rings. The molecule has 0 bridgehead atoms. The molecule has 0 saturated carbocycles. The molecule has 0 radical (unpaired) electrons. The van der Waals surface area contributed by atoms with Crippen molar-refractivity contribution in [2.45, 2.75) is 34.6 Å². The molecule has 120 valence electrons. The van der Waals surface area contributed by atoms with Crippen molar-refractivity contribution in [1.82, 2.24) is 0 Å². The Morgan fingerprint density at radius 3 is 0.346 bits per heavy atom. The molecule has 10 nitrogen and oxygen atoms in total. The summed E-state index contributed by atoms with van der Waals surface area (Å²) in [5, 5.41) is 44.4. The second-order valence-electron chi connectivity index (χ2n) is 2.46. The van der Waals surface area contributed by atoms with Crippen LogP contribution in [0.4, 0.5) is 0 Å². The summed E-state index contributed by atoms with van der Waals surface area (Å²) in [6, 6.07) is 0. The van der Waals surface area contributed by atoms with Crippen LogP contribution in [0.25, 0.3) is 0 Å². The third-order valence-corrected chi connectivity index (χ3v) is 0. The van der Waals surface area contributed by atoms with E-state index in [9.17, 15) is 0 Å². The second kappa shape index (κ2) is 63.0. The first-order chi connectivity index (χ1) is 8.66. The van der Waals surface area contributed by atoms with Crippen molar-refractivity contribution in [2.24, 2.45) is 0 Å². The summed E-state index contributed by atoms with van der Waals surface area (Å²) in [6.45, 7) is 4.86. The van der Waals surface area contributed by atoms with E-state index in [2.05, 4.69) is 0 Å². The number of hydrogen-bond acceptors (Lipinski definition) is 10. The van der Waals surface area contributed by atoms with Gasteiger partial charge in [-0.05, 0) is 34.6 Å². The number of rotatable bonds is 0. The summed E-state index contributed by atoms with van der Waals surface area (Å²) < 4.78 is 0. The van der Waals surface area contributed by atoms with Gasteiger partial charge in [-0.3, -0.25) is 0 Å². The molecular weight excluding hydrogens is 418 g/mol. The van der Waals surface area contributed by atoms with Gasteiger partial charge in [0.15, 0.2) is 0 Å². The van der Waals surface area contributed by atoms with E-state index in [0.29, 0.717) is 0 Å². The second-order valence-corrected chi connectivity index (χ2v) is 2.46. The van der Waals surface area contributed by atoms with Gasteiger partial charge < -0.3 is 49.5 Å². The van der Waals surface area contributed by atoms with Gasteiger partial charge in [0.25, 0.3) is 0 Å². The topological polar surface area (TPSA) is 201 Å². The minimum absolute atomic E-state index is 0. The van der Waals surface area contributed by atoms with Crippen molar-refractivity contribution < 1.29 is 227 Å². The molecule has 26 heavy (non-hydrogen) atoms. The first kappa shape index (κ1) is 70.1. The average Bonchev–Trinajstić information content (AvgIpc) is 1.94. The maximum atomic E-state index is 8.89. The van der Waals surface area contributed by atoms with Crippen molar-refractivity contribution in [3.63, 3.8) is 0 Å². The molecule has 0 atom stereocenters. The van der Waals surface area contributed by atoms with E-state index in [4.69, 9.17) is 49.5 Å². The molecule has 0 saturated heterocycles. The molecule has 0 aromatic heterocycles. The fourth-order valence-corrected chi connectivity index (χ4v) is 0. The molecule has 0 heterocycles. The number of carbonyl (C=O) groups is 5. The molecule has 0 N–H and O–H groups in total. The molecule has 0 aliphatic carbocycles. The first-order valence-corrected chi connectivity index (χ1v) is 4.54. The van der Waals surface area contributed by atoms with Gasteiger partial charge in [-0.1, -0.05) is 0 Å². The molecule has 0 aliphatic rings. The maximum absolute atomic E-state index is 8.89. The third kappa shape index (κ3) is 1690. The zero-order valence-electron chi connectivity index (χ0n) is 17.6. The van der Waals surface area contributed by atoms with Gasteiger partial charge in [0.1, 0.15) is 0 Å². The normalized spacial score (nSPS) is 4.81. The van der Waals surface area contributed by atoms with E-state index in [-0.39, 0.29) is 177 Å². The zero-order valence-corrected chi connectivity index (χ0v) is 29.6. The summed E-state index contributed by atoms with van der Waals surface area (Å²) in [4.78, 5) is 44.4. The fraction of sp³-hybridized carbons (Fsp3) is 0.500. The molecule has 16 heteroatoms. The van der Waals surface area contributed by atoms with Crippen LogP contribution in [-0.2, 0) is 24.0 Å². The van der Waals surface area contributed by atoms with E-state index in [1.54, 1.807) is 0 Å². The number of carboxylic acid groups (broad SMARTS) is 5. The van der Waals surface area contributed by atoms with Crippen LogP contribution >= 0.6 is 0 Å². The van der Waals surface area contributed by atoms with Crippen molar-refractivity contribution in [3.05, 3.63) is 0 Å². The van der Waals surface area contributed by atoms with Crippen molar-refractivity contribution >= 4 is 29.8 Å². The summed E-state index contributed by atoms with van der Waals surface area (Å²) >= 11 is 0. The van der Waals surface area contributed by atoms with Gasteiger partial charge in [-0.2, -0.15) is 0 Å². The largest absolute Gasteiger partial charge is 1.00 e. The van der Waals surface area contributed by atoms with Gasteiger partial charge in [0, 0.05) is 29.8 Å². The van der Waals surface area contributed by atoms with E-state index in [0.717, 1.165) is 34.6 Å². The molecule has 0 unspecified atom stereocenters. The van der Waals surface area contributed by atoms with Crippen LogP contribution in [0.2, 0.25) is 0 Å². The SMILES string of the molecule is CC(=O)[O-].CC(=O)[O-].CC(=O)[O-].CC(=O)[O-].CC(=O)[O-].[Na+].[Na+].[Na+].[Na+].[Na+].[Na+]. The van der Waals surface area contributed by atoms with E-state index < -0.39 is 29.8 Å². The summed E-state index contributed by atoms with van der Waals surface area (Å²) in [7, 11) is 0. The van der Waals surface area contributed by atoms with Crippen molar-refractivity contribution in [2.75, 3.05) is 0 Å². The molecule has 0 rings (SSSR count). The predicted octanol–water partition coefficient (Wildman–Crippen LogP) is -24.2. The Balaban J connectivity index is -0.0000000114. The molecule has 0 spiro atoms. The Hall–Kier alpha value is 3.35. The minimum Gasteiger partial charge on any atom is -0.550 e. The van der Waals surface area contributed by atoms with Crippen LogP contribution in [0.3, 0.4) is 0 Å². The van der Waals surface area contributed by atoms with Gasteiger partial charge in [-0.15, -0.1) is 0 Å². The molecule has 0 aromatic carbocycles. The molecule has 0 amide bonds. The summed E-state index contributed by atoms with van der Waals surface area (Å²) in [6.07, 6.45) is 0. The van der Waals surface area contributed by atoms with E-state index >= 15 is 0 Å². The van der Waals surface area contributed by atoms with Crippen LogP contribution in [0.1, 0.15) is 34.6 Å². The van der Waals surface area contributed by atoms with Crippen LogP contribution in [0.5, 0.6) is 0 Å².